The van der Waals surface area contributed by atoms with Gasteiger partial charge >= 0.3 is 11.9 Å². The van der Waals surface area contributed by atoms with Crippen molar-refractivity contribution in [1.82, 2.24) is 19.6 Å². The first-order valence-corrected chi connectivity index (χ1v) is 15.6. The smallest absolute Gasteiger partial charge is 0.414 e. The Kier molecular flexibility index (Phi) is 17.5. The molecule has 0 radical (unpaired) electrons. The molecule has 224 valence electrons. The van der Waals surface area contributed by atoms with Crippen molar-refractivity contribution in [1.29, 1.82) is 0 Å². The summed E-state index contributed by atoms with van der Waals surface area (Å²) in [5, 5.41) is 18.4. The first-order chi connectivity index (χ1) is 19.1. The van der Waals surface area contributed by atoms with E-state index in [-0.39, 0.29) is 0 Å². The number of fused-ring (bicyclic) bond motifs is 1. The van der Waals surface area contributed by atoms with Crippen LogP contribution < -0.4 is 0 Å². The number of thioether (sulfide) groups is 1. The minimum absolute atomic E-state index is 0.380. The van der Waals surface area contributed by atoms with Crippen LogP contribution in [0.25, 0.3) is 10.8 Å². The molecule has 0 amide bonds. The van der Waals surface area contributed by atoms with Crippen LogP contribution in [0.4, 0.5) is 0 Å². The molecular weight excluding hydrogens is 544 g/mol. The van der Waals surface area contributed by atoms with E-state index in [2.05, 4.69) is 104 Å². The molecule has 0 saturated heterocycles. The van der Waals surface area contributed by atoms with Gasteiger partial charge in [0.2, 0.25) is 0 Å². The molecule has 40 heavy (non-hydrogen) atoms. The van der Waals surface area contributed by atoms with Gasteiger partial charge in [0.05, 0.1) is 0 Å². The van der Waals surface area contributed by atoms with Crippen molar-refractivity contribution in [3.05, 3.63) is 42.5 Å². The highest BCUT2D eigenvalue weighted by Gasteiger charge is 2.20. The zero-order valence-electron chi connectivity index (χ0n) is 25.0. The fourth-order valence-corrected chi connectivity index (χ4v) is 5.75. The van der Waals surface area contributed by atoms with E-state index in [0.29, 0.717) is 6.04 Å². The molecule has 2 N–H and O–H groups in total. The van der Waals surface area contributed by atoms with Crippen LogP contribution in [0, 0.1) is 0 Å². The summed E-state index contributed by atoms with van der Waals surface area (Å²) >= 11 is 8.07. The van der Waals surface area contributed by atoms with E-state index >= 15 is 0 Å². The van der Waals surface area contributed by atoms with Gasteiger partial charge in [0, 0.05) is 49.4 Å². The van der Waals surface area contributed by atoms with Crippen LogP contribution in [0.15, 0.2) is 47.4 Å². The molecular formula is C30H48N4O4S2. The second-order valence-electron chi connectivity index (χ2n) is 9.55. The zero-order valence-corrected chi connectivity index (χ0v) is 26.6. The Labute approximate surface area is 250 Å². The maximum atomic E-state index is 9.10. The minimum Gasteiger partial charge on any atom is -0.473 e. The molecule has 2 aromatic rings. The van der Waals surface area contributed by atoms with Crippen LogP contribution in [-0.2, 0) is 9.59 Å². The first kappa shape index (κ1) is 35.6. The highest BCUT2D eigenvalue weighted by Crippen LogP contribution is 2.28. The summed E-state index contributed by atoms with van der Waals surface area (Å²) in [5.41, 5.74) is 0. The average molecular weight is 593 g/mol. The number of nitrogens with zero attached hydrogens (tertiary/aromatic N) is 4. The number of likely N-dealkylation sites (N-methyl/N-ethyl adjacent to an activating group) is 2. The highest BCUT2D eigenvalue weighted by atomic mass is 32.2. The topological polar surface area (TPSA) is 87.6 Å². The number of hydrogen-bond acceptors (Lipinski definition) is 6. The fraction of sp³-hybridized carbons (Fsp3) is 0.567. The summed E-state index contributed by atoms with van der Waals surface area (Å²) < 4.78 is 0. The molecule has 2 aromatic carbocycles. The summed E-state index contributed by atoms with van der Waals surface area (Å²) in [4.78, 5) is 29.4. The summed E-state index contributed by atoms with van der Waals surface area (Å²) in [5.74, 6) is -2.63. The maximum Gasteiger partial charge on any atom is 0.414 e. The summed E-state index contributed by atoms with van der Waals surface area (Å²) in [7, 11) is 0. The Hall–Kier alpha value is -2.40. The van der Waals surface area contributed by atoms with E-state index in [9.17, 15) is 0 Å². The van der Waals surface area contributed by atoms with E-state index in [1.165, 1.54) is 15.7 Å². The van der Waals surface area contributed by atoms with Crippen LogP contribution in [0.1, 0.15) is 41.5 Å². The number of rotatable bonds is 15. The van der Waals surface area contributed by atoms with Crippen molar-refractivity contribution in [3.63, 3.8) is 0 Å². The molecule has 10 heteroatoms. The number of hydrogen-bond donors (Lipinski definition) is 2. The van der Waals surface area contributed by atoms with Crippen molar-refractivity contribution in [2.75, 3.05) is 64.7 Å². The molecule has 0 unspecified atom stereocenters. The number of carbonyl (C=O) groups is 2. The van der Waals surface area contributed by atoms with E-state index in [4.69, 9.17) is 32.0 Å². The van der Waals surface area contributed by atoms with E-state index in [1.807, 2.05) is 11.8 Å². The molecule has 0 spiro atoms. The van der Waals surface area contributed by atoms with Crippen LogP contribution >= 0.6 is 24.0 Å². The second-order valence-corrected chi connectivity index (χ2v) is 11.0. The molecule has 8 nitrogen and oxygen atoms in total. The SMILES string of the molecule is CCN(CC)CCN(CCN(CC)CC)C(=S)N(CCSc1cccc2ccccc12)C(C)C.O=C(O)C(=O)O. The van der Waals surface area contributed by atoms with Gasteiger partial charge in [0.15, 0.2) is 5.11 Å². The van der Waals surface area contributed by atoms with Crippen LogP contribution in [0.5, 0.6) is 0 Å². The van der Waals surface area contributed by atoms with Gasteiger partial charge in [0.25, 0.3) is 0 Å². The van der Waals surface area contributed by atoms with Gasteiger partial charge < -0.3 is 29.8 Å². The third-order valence-corrected chi connectivity index (χ3v) is 8.37. The van der Waals surface area contributed by atoms with E-state index in [0.717, 1.165) is 69.8 Å². The minimum atomic E-state index is -1.82. The zero-order chi connectivity index (χ0) is 30.1. The average Bonchev–Trinajstić information content (AvgIpc) is 2.95. The van der Waals surface area contributed by atoms with Gasteiger partial charge in [-0.15, -0.1) is 11.8 Å². The Bertz CT molecular complexity index is 1010. The van der Waals surface area contributed by atoms with Crippen molar-refractivity contribution in [3.8, 4) is 0 Å². The van der Waals surface area contributed by atoms with Crippen molar-refractivity contribution >= 4 is 51.8 Å². The number of carboxylic acids is 2. The monoisotopic (exact) mass is 592 g/mol. The lowest BCUT2D eigenvalue weighted by molar-refractivity contribution is -0.159. The standard InChI is InChI=1S/C28H46N4S2.C2H2O4/c1-7-29(8-2)18-20-31(21-19-30(9-3)10-4)28(33)32(24(5)6)22-23-34-27-17-13-15-25-14-11-12-16-26(25)27;3-1(4)2(5)6/h11-17,24H,7-10,18-23H2,1-6H3;(H,3,4)(H,5,6). The Morgan fingerprint density at radius 3 is 1.75 bits per heavy atom. The van der Waals surface area contributed by atoms with E-state index < -0.39 is 11.9 Å². The third-order valence-electron chi connectivity index (χ3n) is 6.82. The van der Waals surface area contributed by atoms with Crippen LogP contribution in [0.2, 0.25) is 0 Å². The van der Waals surface area contributed by atoms with Gasteiger partial charge in [0.1, 0.15) is 0 Å². The molecule has 0 aliphatic carbocycles. The molecule has 0 aliphatic rings. The van der Waals surface area contributed by atoms with Gasteiger partial charge in [-0.25, -0.2) is 9.59 Å². The molecule has 0 bridgehead atoms. The molecule has 0 atom stereocenters. The molecule has 0 saturated carbocycles. The van der Waals surface area contributed by atoms with Crippen molar-refractivity contribution < 1.29 is 19.8 Å². The first-order valence-electron chi connectivity index (χ1n) is 14.2. The highest BCUT2D eigenvalue weighted by molar-refractivity contribution is 7.99. The summed E-state index contributed by atoms with van der Waals surface area (Å²) in [6, 6.07) is 15.6. The predicted molar refractivity (Wildman–Crippen MR) is 172 cm³/mol. The molecule has 0 aliphatic heterocycles. The number of carboxylic acid groups (broad SMARTS) is 2. The number of aliphatic carboxylic acids is 2. The summed E-state index contributed by atoms with van der Waals surface area (Å²) in [6.45, 7) is 22.9. The largest absolute Gasteiger partial charge is 0.473 e. The second kappa shape index (κ2) is 19.6. The quantitative estimate of drug-likeness (QED) is 0.166. The van der Waals surface area contributed by atoms with Gasteiger partial charge in [-0.2, -0.15) is 0 Å². The maximum absolute atomic E-state index is 9.10. The lowest BCUT2D eigenvalue weighted by Gasteiger charge is -2.38. The van der Waals surface area contributed by atoms with Crippen molar-refractivity contribution in [2.45, 2.75) is 52.5 Å². The normalized spacial score (nSPS) is 11.0. The molecule has 0 aromatic heterocycles. The fourth-order valence-electron chi connectivity index (χ4n) is 4.24. The molecule has 0 heterocycles. The Balaban J connectivity index is 0.00000120. The van der Waals surface area contributed by atoms with Gasteiger partial charge in [-0.1, -0.05) is 64.1 Å². The van der Waals surface area contributed by atoms with Crippen LogP contribution in [-0.4, -0.2) is 118 Å². The Morgan fingerprint density at radius 1 is 0.775 bits per heavy atom. The lowest BCUT2D eigenvalue weighted by Crippen LogP contribution is -2.51. The predicted octanol–water partition coefficient (Wildman–Crippen LogP) is 5.07. The summed E-state index contributed by atoms with van der Waals surface area (Å²) in [6.07, 6.45) is 0. The Morgan fingerprint density at radius 2 is 1.27 bits per heavy atom. The molecule has 2 rings (SSSR count). The van der Waals surface area contributed by atoms with Crippen molar-refractivity contribution in [2.24, 2.45) is 0 Å². The number of benzene rings is 2. The van der Waals surface area contributed by atoms with Gasteiger partial charge in [-0.3, -0.25) is 0 Å². The van der Waals surface area contributed by atoms with Crippen LogP contribution in [0.3, 0.4) is 0 Å². The molecule has 0 fully saturated rings. The number of thiocarbonyl (C=S) groups is 1. The third kappa shape index (κ3) is 12.4. The van der Waals surface area contributed by atoms with E-state index in [1.54, 1.807) is 0 Å². The lowest BCUT2D eigenvalue weighted by atomic mass is 10.1. The van der Waals surface area contributed by atoms with Gasteiger partial charge in [-0.05, 0) is 69.1 Å².